The molecule has 0 radical (unpaired) electrons. The molecular weight excluding hydrogens is 196 g/mol. The van der Waals surface area contributed by atoms with Gasteiger partial charge in [0.05, 0.1) is 33.2 Å². The van der Waals surface area contributed by atoms with E-state index in [1.807, 2.05) is 0 Å². The molecule has 2 saturated heterocycles. The van der Waals surface area contributed by atoms with Crippen molar-refractivity contribution in [2.75, 3.05) is 39.8 Å². The highest BCUT2D eigenvalue weighted by atomic mass is 16.5. The molecule has 0 aromatic carbocycles. The number of carbonyl (C=O) groups excluding carboxylic acids is 1. The third-order valence-electron chi connectivity index (χ3n) is 3.20. The molecule has 5 nitrogen and oxygen atoms in total. The van der Waals surface area contributed by atoms with Gasteiger partial charge in [-0.05, 0) is 12.8 Å². The number of ether oxygens (including phenoxy) is 1. The lowest BCUT2D eigenvalue weighted by molar-refractivity contribution is -0.864. The van der Waals surface area contributed by atoms with E-state index in [9.17, 15) is 10.0 Å². The number of likely N-dealkylation sites (N-methyl/N-ethyl adjacent to an activating group) is 1. The first kappa shape index (κ1) is 10.9. The zero-order chi connectivity index (χ0) is 10.9. The third kappa shape index (κ3) is 2.48. The Morgan fingerprint density at radius 1 is 1.47 bits per heavy atom. The first-order valence-corrected chi connectivity index (χ1v) is 5.54. The molecule has 0 aliphatic carbocycles. The Kier molecular flexibility index (Phi) is 2.95. The predicted molar refractivity (Wildman–Crippen MR) is 54.8 cm³/mol. The van der Waals surface area contributed by atoms with E-state index in [0.29, 0.717) is 32.8 Å². The maximum atomic E-state index is 11.9. The highest BCUT2D eigenvalue weighted by Crippen LogP contribution is 2.16. The Balaban J connectivity index is 1.87. The summed E-state index contributed by atoms with van der Waals surface area (Å²) < 4.78 is 5.12. The molecule has 0 bridgehead atoms. The molecule has 15 heavy (non-hydrogen) atoms. The Morgan fingerprint density at radius 2 is 2.13 bits per heavy atom. The highest BCUT2D eigenvalue weighted by Gasteiger charge is 2.31. The molecule has 2 rings (SSSR count). The summed E-state index contributed by atoms with van der Waals surface area (Å²) in [5, 5.41) is 11.6. The van der Waals surface area contributed by atoms with Gasteiger partial charge in [0.25, 0.3) is 5.91 Å². The maximum absolute atomic E-state index is 11.9. The van der Waals surface area contributed by atoms with Crippen LogP contribution in [0.3, 0.4) is 0 Å². The minimum atomic E-state index is -0.242. The molecule has 2 aliphatic rings. The van der Waals surface area contributed by atoms with Crippen molar-refractivity contribution in [3.63, 3.8) is 0 Å². The molecule has 0 spiro atoms. The van der Waals surface area contributed by atoms with Gasteiger partial charge in [-0.2, -0.15) is 0 Å². The molecule has 2 heterocycles. The molecule has 0 saturated carbocycles. The second kappa shape index (κ2) is 4.08. The van der Waals surface area contributed by atoms with E-state index in [0.717, 1.165) is 12.8 Å². The van der Waals surface area contributed by atoms with Gasteiger partial charge in [-0.15, -0.1) is 0 Å². The van der Waals surface area contributed by atoms with Gasteiger partial charge in [-0.25, -0.2) is 0 Å². The van der Waals surface area contributed by atoms with Crippen molar-refractivity contribution in [1.29, 1.82) is 0 Å². The first-order valence-electron chi connectivity index (χ1n) is 5.54. The van der Waals surface area contributed by atoms with Crippen molar-refractivity contribution in [2.24, 2.45) is 0 Å². The van der Waals surface area contributed by atoms with E-state index in [1.165, 1.54) is 0 Å². The number of carbonyl (C=O) groups is 1. The molecule has 5 heteroatoms. The maximum Gasteiger partial charge on any atom is 0.252 e. The number of piperazine rings is 1. The number of hydroxylamine groups is 3. The lowest BCUT2D eigenvalue weighted by Gasteiger charge is -2.45. The number of hydrogen-bond acceptors (Lipinski definition) is 3. The topological polar surface area (TPSA) is 52.6 Å². The molecule has 86 valence electrons. The summed E-state index contributed by atoms with van der Waals surface area (Å²) in [6, 6.07) is 0. The largest absolute Gasteiger partial charge is 0.633 e. The summed E-state index contributed by atoms with van der Waals surface area (Å²) >= 11 is 0. The zero-order valence-corrected chi connectivity index (χ0v) is 9.15. The summed E-state index contributed by atoms with van der Waals surface area (Å²) in [5.74, 6) is 0.0761. The average Bonchev–Trinajstić information content (AvgIpc) is 2.69. The van der Waals surface area contributed by atoms with Crippen LogP contribution in [0, 0.1) is 5.21 Å². The number of quaternary nitrogens is 1. The summed E-state index contributed by atoms with van der Waals surface area (Å²) in [7, 11) is 1.66. The second-order valence-electron chi connectivity index (χ2n) is 4.57. The van der Waals surface area contributed by atoms with E-state index in [4.69, 9.17) is 4.74 Å². The summed E-state index contributed by atoms with van der Waals surface area (Å²) in [6.07, 6.45) is 1.56. The Hall–Kier alpha value is -0.650. The van der Waals surface area contributed by atoms with E-state index in [-0.39, 0.29) is 16.7 Å². The minimum absolute atomic E-state index is 0.0761. The fourth-order valence-electron chi connectivity index (χ4n) is 2.08. The van der Waals surface area contributed by atoms with Crippen molar-refractivity contribution in [1.82, 2.24) is 4.90 Å². The quantitative estimate of drug-likeness (QED) is 0.454. The monoisotopic (exact) mass is 214 g/mol. The van der Waals surface area contributed by atoms with Crippen LogP contribution in [0.15, 0.2) is 0 Å². The average molecular weight is 214 g/mol. The predicted octanol–water partition coefficient (Wildman–Crippen LogP) is -0.0480. The normalized spacial score (nSPS) is 30.5. The van der Waals surface area contributed by atoms with Crippen molar-refractivity contribution < 1.29 is 14.2 Å². The Labute approximate surface area is 89.8 Å². The minimum Gasteiger partial charge on any atom is -0.633 e. The van der Waals surface area contributed by atoms with Gasteiger partial charge in [0.15, 0.2) is 0 Å². The lowest BCUT2D eigenvalue weighted by atomic mass is 10.2. The molecular formula is C10H18N2O3. The Morgan fingerprint density at radius 3 is 2.67 bits per heavy atom. The van der Waals surface area contributed by atoms with Crippen LogP contribution in [0.2, 0.25) is 0 Å². The van der Waals surface area contributed by atoms with Gasteiger partial charge in [-0.3, -0.25) is 4.79 Å². The molecule has 2 aliphatic heterocycles. The van der Waals surface area contributed by atoms with Crippen LogP contribution >= 0.6 is 0 Å². The van der Waals surface area contributed by atoms with Crippen LogP contribution in [-0.4, -0.2) is 61.4 Å². The van der Waals surface area contributed by atoms with Crippen molar-refractivity contribution in [2.45, 2.75) is 18.9 Å². The van der Waals surface area contributed by atoms with Crippen LogP contribution in [0.5, 0.6) is 0 Å². The van der Waals surface area contributed by atoms with Crippen molar-refractivity contribution >= 4 is 5.91 Å². The van der Waals surface area contributed by atoms with E-state index < -0.39 is 0 Å². The van der Waals surface area contributed by atoms with Crippen LogP contribution in [-0.2, 0) is 9.53 Å². The van der Waals surface area contributed by atoms with Gasteiger partial charge < -0.3 is 19.5 Å². The van der Waals surface area contributed by atoms with Crippen LogP contribution in [0.25, 0.3) is 0 Å². The second-order valence-corrected chi connectivity index (χ2v) is 4.57. The van der Waals surface area contributed by atoms with E-state index >= 15 is 0 Å². The van der Waals surface area contributed by atoms with Gasteiger partial charge in [0.1, 0.15) is 6.10 Å². The molecule has 0 N–H and O–H groups in total. The SMILES string of the molecule is C[N+]1([O-])CCN(C(=O)[C@H]2CCCO2)CC1. The Bertz CT molecular complexity index is 239. The van der Waals surface area contributed by atoms with Gasteiger partial charge in [0, 0.05) is 6.61 Å². The number of hydrogen-bond donors (Lipinski definition) is 0. The number of nitrogens with zero attached hydrogens (tertiary/aromatic N) is 2. The van der Waals surface area contributed by atoms with E-state index in [1.54, 1.807) is 11.9 Å². The van der Waals surface area contributed by atoms with Gasteiger partial charge >= 0.3 is 0 Å². The summed E-state index contributed by atoms with van der Waals surface area (Å²) in [6.45, 7) is 2.83. The van der Waals surface area contributed by atoms with E-state index in [2.05, 4.69) is 0 Å². The van der Waals surface area contributed by atoms with Crippen LogP contribution in [0.1, 0.15) is 12.8 Å². The molecule has 1 atom stereocenters. The smallest absolute Gasteiger partial charge is 0.252 e. The number of amides is 1. The van der Waals surface area contributed by atoms with Crippen molar-refractivity contribution in [3.8, 4) is 0 Å². The standard InChI is InChI=1S/C10H18N2O3/c1-12(14)6-4-11(5-7-12)10(13)9-3-2-8-15-9/h9H,2-8H2,1H3/t9-/m1/s1. The summed E-state index contributed by atoms with van der Waals surface area (Å²) in [5.41, 5.74) is 0. The molecule has 1 amide bonds. The van der Waals surface area contributed by atoms with Crippen molar-refractivity contribution in [3.05, 3.63) is 5.21 Å². The molecule has 0 unspecified atom stereocenters. The van der Waals surface area contributed by atoms with Crippen LogP contribution < -0.4 is 0 Å². The fourth-order valence-corrected chi connectivity index (χ4v) is 2.08. The van der Waals surface area contributed by atoms with Gasteiger partial charge in [-0.1, -0.05) is 0 Å². The fraction of sp³-hybridized carbons (Fsp3) is 0.900. The van der Waals surface area contributed by atoms with Gasteiger partial charge in [0.2, 0.25) is 0 Å². The highest BCUT2D eigenvalue weighted by molar-refractivity contribution is 5.81. The molecule has 2 fully saturated rings. The van der Waals surface area contributed by atoms with Crippen LogP contribution in [0.4, 0.5) is 0 Å². The molecule has 0 aromatic heterocycles. The zero-order valence-electron chi connectivity index (χ0n) is 9.15. The number of rotatable bonds is 1. The molecule has 0 aromatic rings. The third-order valence-corrected chi connectivity index (χ3v) is 3.20. The lowest BCUT2D eigenvalue weighted by Crippen LogP contribution is -2.56. The summed E-state index contributed by atoms with van der Waals surface area (Å²) in [4.78, 5) is 13.7. The first-order chi connectivity index (χ1) is 7.08.